The van der Waals surface area contributed by atoms with E-state index in [0.717, 1.165) is 5.56 Å². The summed E-state index contributed by atoms with van der Waals surface area (Å²) in [4.78, 5) is 25.3. The van der Waals surface area contributed by atoms with Crippen LogP contribution < -0.4 is 10.2 Å². The first kappa shape index (κ1) is 17.7. The highest BCUT2D eigenvalue weighted by molar-refractivity contribution is 6.40. The number of hydrogen-bond donors (Lipinski definition) is 1. The van der Waals surface area contributed by atoms with E-state index >= 15 is 0 Å². The van der Waals surface area contributed by atoms with E-state index in [-0.39, 0.29) is 18.1 Å². The Morgan fingerprint density at radius 3 is 2.38 bits per heavy atom. The van der Waals surface area contributed by atoms with Gasteiger partial charge in [-0.05, 0) is 36.8 Å². The van der Waals surface area contributed by atoms with Crippen LogP contribution in [0.2, 0.25) is 0 Å². The molecule has 6 heteroatoms. The summed E-state index contributed by atoms with van der Waals surface area (Å²) in [6, 6.07) is 15.6. The maximum absolute atomic E-state index is 13.0. The van der Waals surface area contributed by atoms with Crippen molar-refractivity contribution in [1.29, 1.82) is 0 Å². The number of ether oxygens (including phenoxy) is 2. The minimum absolute atomic E-state index is 0.149. The Morgan fingerprint density at radius 2 is 1.77 bits per heavy atom. The standard InChI is InChI=1S/C20H20N2O4/c1-3-26-20(24)18-16(13-7-5-4-6-8-13)17(21-22-18)19(23)14-9-11-15(25-2)12-10-14/h4-12,16-17,21H,3H2,1-2H3/t16-,17+/m0/s1. The van der Waals surface area contributed by atoms with Crippen LogP contribution in [-0.4, -0.2) is 37.2 Å². The van der Waals surface area contributed by atoms with Crippen molar-refractivity contribution in [3.63, 3.8) is 0 Å². The molecule has 134 valence electrons. The molecular formula is C20H20N2O4. The Hall–Kier alpha value is -3.15. The van der Waals surface area contributed by atoms with Crippen molar-refractivity contribution in [2.45, 2.75) is 18.9 Å². The van der Waals surface area contributed by atoms with Gasteiger partial charge in [-0.2, -0.15) is 5.10 Å². The summed E-state index contributed by atoms with van der Waals surface area (Å²) in [6.07, 6.45) is 0. The molecule has 1 aliphatic rings. The second-order valence-electron chi connectivity index (χ2n) is 5.81. The normalized spacial score (nSPS) is 18.6. The van der Waals surface area contributed by atoms with Crippen LogP contribution in [0.15, 0.2) is 59.7 Å². The topological polar surface area (TPSA) is 77.0 Å². The number of ketones is 1. The number of carbonyl (C=O) groups excluding carboxylic acids is 2. The molecule has 0 saturated carbocycles. The molecule has 0 unspecified atom stereocenters. The molecule has 0 aromatic heterocycles. The number of nitrogens with zero attached hydrogens (tertiary/aromatic N) is 1. The van der Waals surface area contributed by atoms with Crippen LogP contribution in [0.1, 0.15) is 28.8 Å². The van der Waals surface area contributed by atoms with Crippen LogP contribution in [0.3, 0.4) is 0 Å². The highest BCUT2D eigenvalue weighted by Gasteiger charge is 2.41. The Morgan fingerprint density at radius 1 is 1.08 bits per heavy atom. The quantitative estimate of drug-likeness (QED) is 0.639. The lowest BCUT2D eigenvalue weighted by Gasteiger charge is -2.19. The zero-order valence-electron chi connectivity index (χ0n) is 14.6. The summed E-state index contributed by atoms with van der Waals surface area (Å²) >= 11 is 0. The minimum Gasteiger partial charge on any atom is -0.497 e. The number of nitrogens with one attached hydrogen (secondary N) is 1. The number of esters is 1. The van der Waals surface area contributed by atoms with Crippen molar-refractivity contribution in [1.82, 2.24) is 5.43 Å². The Balaban J connectivity index is 1.92. The Labute approximate surface area is 151 Å². The Kier molecular flexibility index (Phi) is 5.31. The van der Waals surface area contributed by atoms with Gasteiger partial charge in [0.25, 0.3) is 0 Å². The molecular weight excluding hydrogens is 332 g/mol. The van der Waals surface area contributed by atoms with Gasteiger partial charge in [0.05, 0.1) is 19.6 Å². The third-order valence-electron chi connectivity index (χ3n) is 4.25. The molecule has 1 heterocycles. The maximum atomic E-state index is 13.0. The summed E-state index contributed by atoms with van der Waals surface area (Å²) in [5.74, 6) is -0.503. The molecule has 1 aliphatic heterocycles. The van der Waals surface area contributed by atoms with Crippen molar-refractivity contribution in [2.24, 2.45) is 5.10 Å². The largest absolute Gasteiger partial charge is 0.497 e. The number of rotatable bonds is 6. The third kappa shape index (κ3) is 3.44. The van der Waals surface area contributed by atoms with Crippen LogP contribution in [0.5, 0.6) is 5.75 Å². The number of hydrazone groups is 1. The first-order valence-corrected chi connectivity index (χ1v) is 8.39. The average molecular weight is 352 g/mol. The van der Waals surface area contributed by atoms with Crippen LogP contribution in [-0.2, 0) is 9.53 Å². The van der Waals surface area contributed by atoms with Crippen molar-refractivity contribution < 1.29 is 19.1 Å². The molecule has 0 aliphatic carbocycles. The highest BCUT2D eigenvalue weighted by Crippen LogP contribution is 2.29. The lowest BCUT2D eigenvalue weighted by atomic mass is 9.84. The van der Waals surface area contributed by atoms with Gasteiger partial charge >= 0.3 is 5.97 Å². The molecule has 26 heavy (non-hydrogen) atoms. The van der Waals surface area contributed by atoms with Crippen molar-refractivity contribution >= 4 is 17.5 Å². The van der Waals surface area contributed by atoms with Crippen LogP contribution in [0.4, 0.5) is 0 Å². The molecule has 2 atom stereocenters. The first-order chi connectivity index (χ1) is 12.7. The van der Waals surface area contributed by atoms with E-state index in [1.54, 1.807) is 38.3 Å². The fraction of sp³-hybridized carbons (Fsp3) is 0.250. The Bertz CT molecular complexity index is 815. The van der Waals surface area contributed by atoms with Crippen LogP contribution in [0, 0.1) is 0 Å². The van der Waals surface area contributed by atoms with Crippen LogP contribution >= 0.6 is 0 Å². The van der Waals surface area contributed by atoms with Crippen molar-refractivity contribution in [3.8, 4) is 5.75 Å². The summed E-state index contributed by atoms with van der Waals surface area (Å²) in [7, 11) is 1.57. The van der Waals surface area contributed by atoms with Gasteiger partial charge in [-0.15, -0.1) is 0 Å². The predicted octanol–water partition coefficient (Wildman–Crippen LogP) is 2.55. The van der Waals surface area contributed by atoms with E-state index < -0.39 is 17.9 Å². The number of carbonyl (C=O) groups is 2. The van der Waals surface area contributed by atoms with E-state index in [4.69, 9.17) is 9.47 Å². The van der Waals surface area contributed by atoms with Crippen LogP contribution in [0.25, 0.3) is 0 Å². The number of benzene rings is 2. The summed E-state index contributed by atoms with van der Waals surface area (Å²) in [6.45, 7) is 1.98. The molecule has 0 radical (unpaired) electrons. The lowest BCUT2D eigenvalue weighted by Crippen LogP contribution is -2.37. The fourth-order valence-electron chi connectivity index (χ4n) is 2.97. The molecule has 0 bridgehead atoms. The van der Waals surface area contributed by atoms with E-state index in [1.165, 1.54) is 0 Å². The fourth-order valence-corrected chi connectivity index (χ4v) is 2.97. The van der Waals surface area contributed by atoms with Gasteiger partial charge in [-0.25, -0.2) is 4.79 Å². The third-order valence-corrected chi connectivity index (χ3v) is 4.25. The molecule has 2 aromatic carbocycles. The van der Waals surface area contributed by atoms with Gasteiger partial charge in [0, 0.05) is 5.56 Å². The molecule has 0 saturated heterocycles. The van der Waals surface area contributed by atoms with Gasteiger partial charge < -0.3 is 9.47 Å². The van der Waals surface area contributed by atoms with E-state index in [1.807, 2.05) is 30.3 Å². The average Bonchev–Trinajstić information content (AvgIpc) is 3.13. The highest BCUT2D eigenvalue weighted by atomic mass is 16.5. The molecule has 3 rings (SSSR count). The van der Waals surface area contributed by atoms with Gasteiger partial charge in [0.15, 0.2) is 11.5 Å². The molecule has 2 aromatic rings. The summed E-state index contributed by atoms with van der Waals surface area (Å²) < 4.78 is 10.2. The number of methoxy groups -OCH3 is 1. The minimum atomic E-state index is -0.676. The van der Waals surface area contributed by atoms with Gasteiger partial charge in [0.2, 0.25) is 0 Å². The van der Waals surface area contributed by atoms with Crippen molar-refractivity contribution in [2.75, 3.05) is 13.7 Å². The van der Waals surface area contributed by atoms with E-state index in [0.29, 0.717) is 11.3 Å². The predicted molar refractivity (Wildman–Crippen MR) is 97.5 cm³/mol. The number of hydrogen-bond acceptors (Lipinski definition) is 6. The number of Topliss-reactive ketones (excluding diaryl/α,β-unsaturated/α-hetero) is 1. The SMILES string of the molecule is CCOC(=O)C1=NN[C@@H](C(=O)c2ccc(OC)cc2)[C@@H]1c1ccccc1. The lowest BCUT2D eigenvalue weighted by molar-refractivity contribution is -0.135. The summed E-state index contributed by atoms with van der Waals surface area (Å²) in [5.41, 5.74) is 4.39. The van der Waals surface area contributed by atoms with Gasteiger partial charge in [0.1, 0.15) is 11.8 Å². The van der Waals surface area contributed by atoms with E-state index in [9.17, 15) is 9.59 Å². The molecule has 1 N–H and O–H groups in total. The second kappa shape index (κ2) is 7.82. The zero-order valence-corrected chi connectivity index (χ0v) is 14.6. The molecule has 0 amide bonds. The second-order valence-corrected chi connectivity index (χ2v) is 5.81. The smallest absolute Gasteiger partial charge is 0.355 e. The monoisotopic (exact) mass is 352 g/mol. The molecule has 0 spiro atoms. The van der Waals surface area contributed by atoms with Crippen molar-refractivity contribution in [3.05, 3.63) is 65.7 Å². The maximum Gasteiger partial charge on any atom is 0.355 e. The van der Waals surface area contributed by atoms with Gasteiger partial charge in [-0.1, -0.05) is 30.3 Å². The molecule has 6 nitrogen and oxygen atoms in total. The first-order valence-electron chi connectivity index (χ1n) is 8.39. The van der Waals surface area contributed by atoms with Gasteiger partial charge in [-0.3, -0.25) is 10.2 Å². The summed E-state index contributed by atoms with van der Waals surface area (Å²) in [5, 5.41) is 4.12. The molecule has 0 fully saturated rings. The zero-order chi connectivity index (χ0) is 18.5. The van der Waals surface area contributed by atoms with E-state index in [2.05, 4.69) is 10.5 Å².